The van der Waals surface area contributed by atoms with Gasteiger partial charge < -0.3 is 15.0 Å². The number of hydrogen-bond donors (Lipinski definition) is 1. The van der Waals surface area contributed by atoms with Crippen molar-refractivity contribution in [3.63, 3.8) is 0 Å². The molecule has 0 saturated heterocycles. The maximum atomic E-state index is 5.74. The molecular weight excluding hydrogens is 268 g/mol. The number of nitrogens with zero attached hydrogens (tertiary/aromatic N) is 5. The summed E-state index contributed by atoms with van der Waals surface area (Å²) in [5.74, 6) is 1.70. The Labute approximate surface area is 124 Å². The number of anilines is 2. The number of hydrogen-bond acceptors (Lipinski definition) is 7. The van der Waals surface area contributed by atoms with E-state index in [1.807, 2.05) is 24.0 Å². The fraction of sp³-hybridized carbons (Fsp3) is 0.429. The van der Waals surface area contributed by atoms with Crippen LogP contribution in [0.2, 0.25) is 0 Å². The topological polar surface area (TPSA) is 76.1 Å². The molecule has 0 radical (unpaired) electrons. The first kappa shape index (κ1) is 15.0. The average molecular weight is 288 g/mol. The van der Waals surface area contributed by atoms with Crippen molar-refractivity contribution in [3.05, 3.63) is 24.0 Å². The van der Waals surface area contributed by atoms with Crippen molar-refractivity contribution in [2.24, 2.45) is 0 Å². The molecule has 0 unspecified atom stereocenters. The van der Waals surface area contributed by atoms with E-state index in [-0.39, 0.29) is 6.01 Å². The van der Waals surface area contributed by atoms with E-state index in [4.69, 9.17) is 4.74 Å². The van der Waals surface area contributed by atoms with Gasteiger partial charge in [0, 0.05) is 26.3 Å². The van der Waals surface area contributed by atoms with E-state index in [0.29, 0.717) is 17.6 Å². The maximum absolute atomic E-state index is 5.74. The first-order chi connectivity index (χ1) is 10.2. The van der Waals surface area contributed by atoms with Crippen molar-refractivity contribution in [2.45, 2.75) is 20.8 Å². The van der Waals surface area contributed by atoms with Crippen LogP contribution in [-0.4, -0.2) is 40.1 Å². The molecule has 7 heteroatoms. The van der Waals surface area contributed by atoms with Crippen LogP contribution in [0.25, 0.3) is 0 Å². The standard InChI is InChI=1S/C14H20N6O/c1-5-20(6-2)13-17-12(15-4)18-14(19-13)21-11-8-7-9-16-10(11)3/h7-9H,5-6H2,1-4H3,(H,15,17,18,19). The summed E-state index contributed by atoms with van der Waals surface area (Å²) in [4.78, 5) is 19.2. The molecule has 7 nitrogen and oxygen atoms in total. The van der Waals surface area contributed by atoms with Gasteiger partial charge in [-0.25, -0.2) is 0 Å². The molecule has 0 saturated carbocycles. The van der Waals surface area contributed by atoms with Crippen molar-refractivity contribution < 1.29 is 4.74 Å². The van der Waals surface area contributed by atoms with Crippen molar-refractivity contribution in [1.82, 2.24) is 19.9 Å². The zero-order valence-electron chi connectivity index (χ0n) is 12.8. The van der Waals surface area contributed by atoms with Gasteiger partial charge in [-0.2, -0.15) is 15.0 Å². The monoisotopic (exact) mass is 288 g/mol. The predicted molar refractivity (Wildman–Crippen MR) is 82.0 cm³/mol. The molecule has 21 heavy (non-hydrogen) atoms. The summed E-state index contributed by atoms with van der Waals surface area (Å²) in [5, 5.41) is 2.93. The number of ether oxygens (including phenoxy) is 1. The Morgan fingerprint density at radius 3 is 2.57 bits per heavy atom. The molecule has 1 N–H and O–H groups in total. The Bertz CT molecular complexity index is 600. The minimum atomic E-state index is 0.257. The Morgan fingerprint density at radius 2 is 1.95 bits per heavy atom. The quantitative estimate of drug-likeness (QED) is 0.873. The second-order valence-electron chi connectivity index (χ2n) is 4.35. The third kappa shape index (κ3) is 3.56. The second kappa shape index (κ2) is 6.83. The van der Waals surface area contributed by atoms with E-state index in [1.54, 1.807) is 13.2 Å². The van der Waals surface area contributed by atoms with Crippen LogP contribution in [-0.2, 0) is 0 Å². The van der Waals surface area contributed by atoms with Crippen molar-refractivity contribution in [1.29, 1.82) is 0 Å². The van der Waals surface area contributed by atoms with Gasteiger partial charge in [0.15, 0.2) is 5.75 Å². The lowest BCUT2D eigenvalue weighted by Crippen LogP contribution is -2.25. The van der Waals surface area contributed by atoms with Gasteiger partial charge >= 0.3 is 6.01 Å². The van der Waals surface area contributed by atoms with Crippen LogP contribution < -0.4 is 15.0 Å². The number of nitrogens with one attached hydrogen (secondary N) is 1. The summed E-state index contributed by atoms with van der Waals surface area (Å²) in [6.07, 6.45) is 1.72. The first-order valence-corrected chi connectivity index (χ1v) is 6.96. The van der Waals surface area contributed by atoms with Gasteiger partial charge in [-0.3, -0.25) is 4.98 Å². The Hall–Kier alpha value is -2.44. The van der Waals surface area contributed by atoms with Gasteiger partial charge in [0.1, 0.15) is 0 Å². The Balaban J connectivity index is 2.35. The zero-order valence-corrected chi connectivity index (χ0v) is 12.8. The molecule has 112 valence electrons. The van der Waals surface area contributed by atoms with E-state index in [9.17, 15) is 0 Å². The van der Waals surface area contributed by atoms with E-state index in [2.05, 4.69) is 39.1 Å². The van der Waals surface area contributed by atoms with E-state index < -0.39 is 0 Å². The van der Waals surface area contributed by atoms with Gasteiger partial charge in [-0.15, -0.1) is 0 Å². The van der Waals surface area contributed by atoms with E-state index >= 15 is 0 Å². The normalized spacial score (nSPS) is 10.3. The zero-order chi connectivity index (χ0) is 15.2. The van der Waals surface area contributed by atoms with Crippen LogP contribution in [0.4, 0.5) is 11.9 Å². The molecule has 2 aromatic heterocycles. The summed E-state index contributed by atoms with van der Waals surface area (Å²) in [6.45, 7) is 7.61. The highest BCUT2D eigenvalue weighted by Gasteiger charge is 2.12. The molecule has 0 aliphatic heterocycles. The summed E-state index contributed by atoms with van der Waals surface area (Å²) >= 11 is 0. The van der Waals surface area contributed by atoms with Crippen LogP contribution in [0.5, 0.6) is 11.8 Å². The summed E-state index contributed by atoms with van der Waals surface area (Å²) in [6, 6.07) is 3.91. The number of pyridine rings is 1. The molecular formula is C14H20N6O. The van der Waals surface area contributed by atoms with Crippen LogP contribution in [0.1, 0.15) is 19.5 Å². The van der Waals surface area contributed by atoms with Crippen molar-refractivity contribution in [2.75, 3.05) is 30.4 Å². The van der Waals surface area contributed by atoms with Gasteiger partial charge in [0.25, 0.3) is 0 Å². The summed E-state index contributed by atoms with van der Waals surface area (Å²) in [5.41, 5.74) is 0.785. The van der Waals surface area contributed by atoms with Crippen LogP contribution >= 0.6 is 0 Å². The molecule has 2 rings (SSSR count). The highest BCUT2D eigenvalue weighted by Crippen LogP contribution is 2.22. The molecule has 2 aromatic rings. The highest BCUT2D eigenvalue weighted by molar-refractivity contribution is 5.39. The molecule has 0 spiro atoms. The minimum absolute atomic E-state index is 0.257. The number of aryl methyl sites for hydroxylation is 1. The van der Waals surface area contributed by atoms with Crippen LogP contribution in [0.3, 0.4) is 0 Å². The van der Waals surface area contributed by atoms with Crippen LogP contribution in [0.15, 0.2) is 18.3 Å². The van der Waals surface area contributed by atoms with E-state index in [1.165, 1.54) is 0 Å². The molecule has 0 atom stereocenters. The smallest absolute Gasteiger partial charge is 0.328 e. The molecule has 2 heterocycles. The maximum Gasteiger partial charge on any atom is 0.328 e. The average Bonchev–Trinajstić information content (AvgIpc) is 2.50. The van der Waals surface area contributed by atoms with Crippen molar-refractivity contribution >= 4 is 11.9 Å². The van der Waals surface area contributed by atoms with Crippen LogP contribution in [0, 0.1) is 6.92 Å². The molecule has 0 bridgehead atoms. The second-order valence-corrected chi connectivity index (χ2v) is 4.35. The first-order valence-electron chi connectivity index (χ1n) is 6.96. The molecule has 0 aliphatic carbocycles. The van der Waals surface area contributed by atoms with Gasteiger partial charge in [-0.1, -0.05) is 0 Å². The Morgan fingerprint density at radius 1 is 1.19 bits per heavy atom. The number of aromatic nitrogens is 4. The minimum Gasteiger partial charge on any atom is -0.422 e. The Kier molecular flexibility index (Phi) is 4.86. The third-order valence-electron chi connectivity index (χ3n) is 3.03. The molecule has 0 aromatic carbocycles. The largest absolute Gasteiger partial charge is 0.422 e. The van der Waals surface area contributed by atoms with Gasteiger partial charge in [0.05, 0.1) is 5.69 Å². The lowest BCUT2D eigenvalue weighted by Gasteiger charge is -2.19. The summed E-state index contributed by atoms with van der Waals surface area (Å²) in [7, 11) is 1.76. The fourth-order valence-corrected chi connectivity index (χ4v) is 1.83. The van der Waals surface area contributed by atoms with Gasteiger partial charge in [-0.05, 0) is 32.9 Å². The molecule has 0 amide bonds. The highest BCUT2D eigenvalue weighted by atomic mass is 16.5. The third-order valence-corrected chi connectivity index (χ3v) is 3.03. The summed E-state index contributed by atoms with van der Waals surface area (Å²) < 4.78 is 5.74. The molecule has 0 aliphatic rings. The lowest BCUT2D eigenvalue weighted by atomic mass is 10.3. The number of rotatable bonds is 6. The van der Waals surface area contributed by atoms with E-state index in [0.717, 1.165) is 18.8 Å². The fourth-order valence-electron chi connectivity index (χ4n) is 1.83. The predicted octanol–water partition coefficient (Wildman–Crippen LogP) is 2.26. The SMILES string of the molecule is CCN(CC)c1nc(NC)nc(Oc2cccnc2C)n1. The van der Waals surface area contributed by atoms with Crippen molar-refractivity contribution in [3.8, 4) is 11.8 Å². The lowest BCUT2D eigenvalue weighted by molar-refractivity contribution is 0.434. The molecule has 0 fully saturated rings. The van der Waals surface area contributed by atoms with Gasteiger partial charge in [0.2, 0.25) is 11.9 Å².